The normalized spacial score (nSPS) is 11.4. The number of halogens is 3. The molecule has 1 N–H and O–H groups in total. The Morgan fingerprint density at radius 1 is 1.13 bits per heavy atom. The number of nitro groups is 1. The van der Waals surface area contributed by atoms with E-state index in [0.717, 1.165) is 38.9 Å². The van der Waals surface area contributed by atoms with Crippen molar-refractivity contribution in [2.45, 2.75) is 0 Å². The lowest BCUT2D eigenvalue weighted by Crippen LogP contribution is -2.21. The van der Waals surface area contributed by atoms with Crippen LogP contribution in [-0.2, 0) is 4.79 Å². The van der Waals surface area contributed by atoms with Crippen molar-refractivity contribution in [3.63, 3.8) is 0 Å². The first-order chi connectivity index (χ1) is 21.7. The summed E-state index contributed by atoms with van der Waals surface area (Å²) in [7, 11) is 0. The van der Waals surface area contributed by atoms with Crippen LogP contribution in [0.25, 0.3) is 33.5 Å². The van der Waals surface area contributed by atoms with Gasteiger partial charge in [-0.05, 0) is 66.7 Å². The van der Waals surface area contributed by atoms with Gasteiger partial charge in [0.2, 0.25) is 11.6 Å². The van der Waals surface area contributed by atoms with Gasteiger partial charge in [0.05, 0.1) is 22.0 Å². The molecule has 6 aromatic rings. The van der Waals surface area contributed by atoms with Crippen LogP contribution in [0.4, 0.5) is 15.8 Å². The molecule has 45 heavy (non-hydrogen) atoms. The molecule has 0 bridgehead atoms. The van der Waals surface area contributed by atoms with Crippen LogP contribution in [0.2, 0.25) is 5.02 Å². The average molecular weight is 691 g/mol. The van der Waals surface area contributed by atoms with Crippen LogP contribution in [0.1, 0.15) is 5.56 Å². The Hall–Kier alpha value is -5.40. The molecule has 0 aliphatic carbocycles. The summed E-state index contributed by atoms with van der Waals surface area (Å²) >= 11 is 9.62. The standard InChI is InChI=1S/C31H18BrClFN5O6/c32-19-5-10-26-17(11-19)13-27(45-26)30-37-24-4-2-1-3-23(24)31(41)38(30)35-15-18-12-20(33)14-25(39(42)43)29(18)44-16-28(40)36-22-8-6-21(34)7-9-22/h1-15H,16H2,(H,36,40). The van der Waals surface area contributed by atoms with Gasteiger partial charge in [-0.3, -0.25) is 19.7 Å². The van der Waals surface area contributed by atoms with Gasteiger partial charge in [0.25, 0.3) is 11.5 Å². The number of hydrogen-bond donors (Lipinski definition) is 1. The fourth-order valence-corrected chi connectivity index (χ4v) is 5.09. The van der Waals surface area contributed by atoms with Crippen molar-refractivity contribution in [1.29, 1.82) is 0 Å². The van der Waals surface area contributed by atoms with Crippen molar-refractivity contribution in [2.75, 3.05) is 11.9 Å². The smallest absolute Gasteiger partial charge is 0.313 e. The molecule has 224 valence electrons. The zero-order valence-electron chi connectivity index (χ0n) is 22.7. The Kier molecular flexibility index (Phi) is 8.11. The molecular formula is C31H18BrClFN5O6. The maximum absolute atomic E-state index is 13.7. The van der Waals surface area contributed by atoms with E-state index in [-0.39, 0.29) is 33.3 Å². The summed E-state index contributed by atoms with van der Waals surface area (Å²) in [5.41, 5.74) is 0.178. The SMILES string of the molecule is O=C(COc1c(C=Nn2c(-c3cc4cc(Br)ccc4o3)nc3ccccc3c2=O)cc(Cl)cc1[N+](=O)[O-])Nc1ccc(F)cc1. The molecule has 0 spiro atoms. The highest BCUT2D eigenvalue weighted by Crippen LogP contribution is 2.34. The lowest BCUT2D eigenvalue weighted by molar-refractivity contribution is -0.385. The molecule has 0 aliphatic rings. The van der Waals surface area contributed by atoms with Gasteiger partial charge in [-0.1, -0.05) is 39.7 Å². The van der Waals surface area contributed by atoms with Crippen LogP contribution in [0.3, 0.4) is 0 Å². The van der Waals surface area contributed by atoms with E-state index in [9.17, 15) is 24.1 Å². The van der Waals surface area contributed by atoms with E-state index in [1.807, 2.05) is 12.1 Å². The van der Waals surface area contributed by atoms with Gasteiger partial charge in [0, 0.05) is 32.2 Å². The summed E-state index contributed by atoms with van der Waals surface area (Å²) in [6.45, 7) is -0.641. The van der Waals surface area contributed by atoms with Crippen LogP contribution < -0.4 is 15.6 Å². The molecule has 0 fully saturated rings. The molecular weight excluding hydrogens is 673 g/mol. The number of nitrogens with zero attached hydrogens (tertiary/aromatic N) is 4. The van der Waals surface area contributed by atoms with E-state index >= 15 is 0 Å². The molecule has 0 saturated heterocycles. The number of nitrogens with one attached hydrogen (secondary N) is 1. The number of aromatic nitrogens is 2. The van der Waals surface area contributed by atoms with Crippen molar-refractivity contribution in [3.8, 4) is 17.3 Å². The predicted molar refractivity (Wildman–Crippen MR) is 171 cm³/mol. The minimum atomic E-state index is -0.724. The second-order valence-electron chi connectivity index (χ2n) is 9.55. The number of nitro benzene ring substituents is 1. The van der Waals surface area contributed by atoms with Gasteiger partial charge in [-0.15, -0.1) is 0 Å². The van der Waals surface area contributed by atoms with Crippen molar-refractivity contribution >= 4 is 72.9 Å². The van der Waals surface area contributed by atoms with Gasteiger partial charge >= 0.3 is 5.69 Å². The van der Waals surface area contributed by atoms with E-state index in [1.165, 1.54) is 18.2 Å². The van der Waals surface area contributed by atoms with Crippen molar-refractivity contribution in [1.82, 2.24) is 9.66 Å². The minimum Gasteiger partial charge on any atom is -0.476 e. The molecule has 6 rings (SSSR count). The maximum Gasteiger partial charge on any atom is 0.313 e. The van der Waals surface area contributed by atoms with Crippen LogP contribution in [0.15, 0.2) is 104 Å². The van der Waals surface area contributed by atoms with Gasteiger partial charge in [-0.25, -0.2) is 9.37 Å². The molecule has 0 unspecified atom stereocenters. The highest BCUT2D eigenvalue weighted by Gasteiger charge is 2.23. The highest BCUT2D eigenvalue weighted by molar-refractivity contribution is 9.10. The topological polar surface area (TPSA) is 142 Å². The molecule has 4 aromatic carbocycles. The van der Waals surface area contributed by atoms with Gasteiger partial charge in [0.15, 0.2) is 12.4 Å². The van der Waals surface area contributed by atoms with E-state index in [0.29, 0.717) is 16.8 Å². The number of benzene rings is 4. The Morgan fingerprint density at radius 2 is 1.91 bits per heavy atom. The lowest BCUT2D eigenvalue weighted by Gasteiger charge is -2.11. The fraction of sp³-hybridized carbons (Fsp3) is 0.0323. The average Bonchev–Trinajstić information content (AvgIpc) is 3.44. The van der Waals surface area contributed by atoms with E-state index in [4.69, 9.17) is 20.8 Å². The fourth-order valence-electron chi connectivity index (χ4n) is 4.49. The monoisotopic (exact) mass is 689 g/mol. The third-order valence-corrected chi connectivity index (χ3v) is 7.21. The molecule has 0 atom stereocenters. The second kappa shape index (κ2) is 12.3. The van der Waals surface area contributed by atoms with Crippen molar-refractivity contribution in [3.05, 3.63) is 126 Å². The molecule has 1 amide bonds. The van der Waals surface area contributed by atoms with Crippen LogP contribution in [0.5, 0.6) is 5.75 Å². The van der Waals surface area contributed by atoms with E-state index < -0.39 is 34.5 Å². The Bertz CT molecular complexity index is 2220. The number of carbonyl (C=O) groups excluding carboxylic acids is 1. The summed E-state index contributed by atoms with van der Waals surface area (Å²) in [6.07, 6.45) is 1.15. The lowest BCUT2D eigenvalue weighted by atomic mass is 10.2. The molecule has 14 heteroatoms. The van der Waals surface area contributed by atoms with E-state index in [2.05, 4.69) is 31.3 Å². The molecule has 0 radical (unpaired) electrons. The number of para-hydroxylation sites is 1. The third kappa shape index (κ3) is 6.30. The van der Waals surface area contributed by atoms with Crippen LogP contribution in [-0.4, -0.2) is 33.3 Å². The molecule has 0 saturated carbocycles. The van der Waals surface area contributed by atoms with Gasteiger partial charge in [-0.2, -0.15) is 9.78 Å². The summed E-state index contributed by atoms with van der Waals surface area (Å²) in [5.74, 6) is -1.15. The van der Waals surface area contributed by atoms with Gasteiger partial charge < -0.3 is 14.5 Å². The number of anilines is 1. The van der Waals surface area contributed by atoms with Gasteiger partial charge in [0.1, 0.15) is 11.4 Å². The van der Waals surface area contributed by atoms with Crippen LogP contribution >= 0.6 is 27.5 Å². The first kappa shape index (κ1) is 29.7. The number of hydrogen-bond acceptors (Lipinski definition) is 8. The molecule has 2 heterocycles. The third-order valence-electron chi connectivity index (χ3n) is 6.50. The number of rotatable bonds is 8. The van der Waals surface area contributed by atoms with E-state index in [1.54, 1.807) is 36.4 Å². The Morgan fingerprint density at radius 3 is 2.69 bits per heavy atom. The molecule has 0 aliphatic heterocycles. The first-order valence-electron chi connectivity index (χ1n) is 13.1. The Balaban J connectivity index is 1.42. The first-order valence-corrected chi connectivity index (χ1v) is 14.2. The number of fused-ring (bicyclic) bond motifs is 2. The second-order valence-corrected chi connectivity index (χ2v) is 10.9. The maximum atomic E-state index is 13.7. The number of furan rings is 1. The largest absolute Gasteiger partial charge is 0.476 e. The number of carbonyl (C=O) groups is 1. The summed E-state index contributed by atoms with van der Waals surface area (Å²) in [4.78, 5) is 42.0. The zero-order valence-corrected chi connectivity index (χ0v) is 25.1. The highest BCUT2D eigenvalue weighted by atomic mass is 79.9. The molecule has 11 nitrogen and oxygen atoms in total. The number of ether oxygens (including phenoxy) is 1. The van der Waals surface area contributed by atoms with Crippen molar-refractivity contribution < 1.29 is 23.3 Å². The molecule has 2 aromatic heterocycles. The Labute approximate surface area is 265 Å². The van der Waals surface area contributed by atoms with Crippen LogP contribution in [0, 0.1) is 15.9 Å². The zero-order chi connectivity index (χ0) is 31.7. The summed E-state index contributed by atoms with van der Waals surface area (Å²) in [5, 5.41) is 19.8. The number of amides is 1. The summed E-state index contributed by atoms with van der Waals surface area (Å²) in [6, 6.07) is 21.2. The predicted octanol–water partition coefficient (Wildman–Crippen LogP) is 7.17. The quantitative estimate of drug-likeness (QED) is 0.101. The summed E-state index contributed by atoms with van der Waals surface area (Å²) < 4.78 is 26.6. The minimum absolute atomic E-state index is 0.00308. The van der Waals surface area contributed by atoms with Crippen molar-refractivity contribution in [2.24, 2.45) is 5.10 Å².